The predicted molar refractivity (Wildman–Crippen MR) is 128 cm³/mol. The van der Waals surface area contributed by atoms with E-state index in [9.17, 15) is 14.4 Å². The molecular formula is C25H20N4O4S. The average Bonchev–Trinajstić information content (AvgIpc) is 3.30. The van der Waals surface area contributed by atoms with Crippen molar-refractivity contribution in [3.8, 4) is 0 Å². The fourth-order valence-corrected chi connectivity index (χ4v) is 4.43. The molecule has 3 amide bonds. The summed E-state index contributed by atoms with van der Waals surface area (Å²) in [5, 5.41) is 12.6. The smallest absolute Gasteiger partial charge is 0.277 e. The molecule has 1 N–H and O–H groups in total. The molecule has 0 bridgehead atoms. The van der Waals surface area contributed by atoms with Crippen LogP contribution in [0.5, 0.6) is 0 Å². The molecule has 2 heterocycles. The number of aromatic nitrogens is 2. The first kappa shape index (κ1) is 21.8. The van der Waals surface area contributed by atoms with E-state index in [1.807, 2.05) is 55.5 Å². The maximum atomic E-state index is 13.0. The van der Waals surface area contributed by atoms with Gasteiger partial charge in [0.25, 0.3) is 17.0 Å². The second kappa shape index (κ2) is 9.11. The number of anilines is 1. The van der Waals surface area contributed by atoms with Gasteiger partial charge in [-0.1, -0.05) is 53.7 Å². The van der Waals surface area contributed by atoms with E-state index in [0.717, 1.165) is 28.4 Å². The minimum Gasteiger partial charge on any atom is -0.416 e. The number of benzene rings is 3. The highest BCUT2D eigenvalue weighted by molar-refractivity contribution is 7.99. The Balaban J connectivity index is 1.19. The van der Waals surface area contributed by atoms with Gasteiger partial charge in [0.15, 0.2) is 0 Å². The van der Waals surface area contributed by atoms with Crippen LogP contribution in [0.15, 0.2) is 70.3 Å². The molecule has 1 aliphatic rings. The fraction of sp³-hybridized carbons (Fsp3) is 0.160. The lowest BCUT2D eigenvalue weighted by Crippen LogP contribution is -2.41. The van der Waals surface area contributed by atoms with E-state index < -0.39 is 0 Å². The highest BCUT2D eigenvalue weighted by Gasteiger charge is 2.32. The van der Waals surface area contributed by atoms with E-state index in [4.69, 9.17) is 4.42 Å². The number of thioether (sulfide) groups is 1. The molecule has 0 saturated heterocycles. The van der Waals surface area contributed by atoms with Gasteiger partial charge in [-0.3, -0.25) is 19.3 Å². The van der Waals surface area contributed by atoms with Crippen LogP contribution in [0.25, 0.3) is 10.8 Å². The van der Waals surface area contributed by atoms with Crippen LogP contribution in [0.3, 0.4) is 0 Å². The molecule has 0 atom stereocenters. The van der Waals surface area contributed by atoms with Crippen LogP contribution in [0, 0.1) is 6.92 Å². The number of imide groups is 1. The SMILES string of the molecule is Cc1ccc(NC(=O)CSc2nnc(CCN3C(=O)c4cccc5cccc(c45)C3=O)o2)cc1. The minimum absolute atomic E-state index is 0.111. The van der Waals surface area contributed by atoms with Crippen molar-refractivity contribution in [1.29, 1.82) is 0 Å². The van der Waals surface area contributed by atoms with E-state index >= 15 is 0 Å². The Morgan fingerprint density at radius 3 is 2.32 bits per heavy atom. The monoisotopic (exact) mass is 472 g/mol. The summed E-state index contributed by atoms with van der Waals surface area (Å²) in [6.07, 6.45) is 0.221. The Bertz CT molecular complexity index is 1360. The van der Waals surface area contributed by atoms with Crippen LogP contribution in [0.2, 0.25) is 0 Å². The highest BCUT2D eigenvalue weighted by Crippen LogP contribution is 2.30. The Kier molecular flexibility index (Phi) is 5.85. The number of hydrogen-bond acceptors (Lipinski definition) is 7. The molecule has 0 radical (unpaired) electrons. The van der Waals surface area contributed by atoms with E-state index in [2.05, 4.69) is 15.5 Å². The first-order chi connectivity index (χ1) is 16.5. The van der Waals surface area contributed by atoms with Crippen molar-refractivity contribution >= 4 is 45.9 Å². The summed E-state index contributed by atoms with van der Waals surface area (Å²) in [5.41, 5.74) is 2.85. The maximum Gasteiger partial charge on any atom is 0.277 e. The number of nitrogens with zero attached hydrogens (tertiary/aromatic N) is 3. The zero-order valence-electron chi connectivity index (χ0n) is 18.3. The number of nitrogens with one attached hydrogen (secondary N) is 1. The maximum absolute atomic E-state index is 13.0. The van der Waals surface area contributed by atoms with Gasteiger partial charge in [-0.05, 0) is 36.6 Å². The van der Waals surface area contributed by atoms with Crippen LogP contribution < -0.4 is 5.32 Å². The van der Waals surface area contributed by atoms with Gasteiger partial charge < -0.3 is 9.73 Å². The van der Waals surface area contributed by atoms with E-state index in [0.29, 0.717) is 22.4 Å². The molecule has 0 spiro atoms. The van der Waals surface area contributed by atoms with Crippen molar-refractivity contribution in [3.63, 3.8) is 0 Å². The summed E-state index contributed by atoms with van der Waals surface area (Å²) >= 11 is 1.12. The van der Waals surface area contributed by atoms with Gasteiger partial charge in [-0.2, -0.15) is 0 Å². The molecule has 1 aliphatic heterocycles. The summed E-state index contributed by atoms with van der Waals surface area (Å²) in [4.78, 5) is 39.3. The topological polar surface area (TPSA) is 105 Å². The standard InChI is InChI=1S/C25H20N4O4S/c1-15-8-10-17(11-9-15)26-20(30)14-34-25-28-27-21(33-25)12-13-29-23(31)18-6-2-4-16-5-3-7-19(22(16)18)24(29)32/h2-11H,12-14H2,1H3,(H,26,30). The first-order valence-electron chi connectivity index (χ1n) is 10.7. The third-order valence-electron chi connectivity index (χ3n) is 5.52. The van der Waals surface area contributed by atoms with Crippen molar-refractivity contribution < 1.29 is 18.8 Å². The molecule has 0 unspecified atom stereocenters. The quantitative estimate of drug-likeness (QED) is 0.319. The molecule has 0 aliphatic carbocycles. The fourth-order valence-electron chi connectivity index (χ4n) is 3.85. The number of carbonyl (C=O) groups excluding carboxylic acids is 3. The third-order valence-corrected chi connectivity index (χ3v) is 6.33. The summed E-state index contributed by atoms with van der Waals surface area (Å²) in [5.74, 6) is -0.461. The summed E-state index contributed by atoms with van der Waals surface area (Å²) in [7, 11) is 0. The van der Waals surface area contributed by atoms with E-state index in [1.54, 1.807) is 12.1 Å². The lowest BCUT2D eigenvalue weighted by atomic mass is 9.94. The number of carbonyl (C=O) groups is 3. The average molecular weight is 473 g/mol. The van der Waals surface area contributed by atoms with Crippen LogP contribution in [0.4, 0.5) is 5.69 Å². The van der Waals surface area contributed by atoms with Crippen LogP contribution in [-0.4, -0.2) is 45.1 Å². The molecule has 0 fully saturated rings. The van der Waals surface area contributed by atoms with Gasteiger partial charge in [0.1, 0.15) is 0 Å². The van der Waals surface area contributed by atoms with Gasteiger partial charge in [0.2, 0.25) is 11.8 Å². The zero-order valence-corrected chi connectivity index (χ0v) is 19.1. The number of aryl methyl sites for hydroxylation is 1. The Labute approximate surface area is 199 Å². The van der Waals surface area contributed by atoms with Gasteiger partial charge in [0.05, 0.1) is 5.75 Å². The summed E-state index contributed by atoms with van der Waals surface area (Å²) < 4.78 is 5.60. The molecule has 0 saturated carbocycles. The zero-order chi connectivity index (χ0) is 23.7. The molecule has 5 rings (SSSR count). The Morgan fingerprint density at radius 2 is 1.65 bits per heavy atom. The highest BCUT2D eigenvalue weighted by atomic mass is 32.2. The number of amides is 3. The second-order valence-electron chi connectivity index (χ2n) is 7.89. The largest absolute Gasteiger partial charge is 0.416 e. The van der Waals surface area contributed by atoms with Gasteiger partial charge in [0, 0.05) is 35.2 Å². The molecular weight excluding hydrogens is 452 g/mol. The van der Waals surface area contributed by atoms with Gasteiger partial charge in [-0.25, -0.2) is 0 Å². The third kappa shape index (κ3) is 4.29. The number of rotatable bonds is 7. The molecule has 170 valence electrons. The van der Waals surface area contributed by atoms with Crippen LogP contribution in [-0.2, 0) is 11.2 Å². The molecule has 9 heteroatoms. The van der Waals surface area contributed by atoms with Gasteiger partial charge in [-0.15, -0.1) is 10.2 Å². The second-order valence-corrected chi connectivity index (χ2v) is 8.81. The predicted octanol–water partition coefficient (Wildman–Crippen LogP) is 4.10. The Hall–Kier alpha value is -3.98. The van der Waals surface area contributed by atoms with Crippen molar-refractivity contribution in [2.75, 3.05) is 17.6 Å². The van der Waals surface area contributed by atoms with Crippen molar-refractivity contribution in [1.82, 2.24) is 15.1 Å². The Morgan fingerprint density at radius 1 is 0.971 bits per heavy atom. The summed E-state index contributed by atoms with van der Waals surface area (Å²) in [6, 6.07) is 18.4. The van der Waals surface area contributed by atoms with E-state index in [-0.39, 0.29) is 41.7 Å². The molecule has 8 nitrogen and oxygen atoms in total. The van der Waals surface area contributed by atoms with Crippen LogP contribution >= 0.6 is 11.8 Å². The van der Waals surface area contributed by atoms with Crippen molar-refractivity contribution in [3.05, 3.63) is 83.2 Å². The van der Waals surface area contributed by atoms with Crippen molar-refractivity contribution in [2.45, 2.75) is 18.6 Å². The lowest BCUT2D eigenvalue weighted by molar-refractivity contribution is -0.113. The molecule has 3 aromatic carbocycles. The summed E-state index contributed by atoms with van der Waals surface area (Å²) in [6.45, 7) is 2.09. The molecule has 4 aromatic rings. The number of hydrogen-bond donors (Lipinski definition) is 1. The lowest BCUT2D eigenvalue weighted by Gasteiger charge is -2.26. The van der Waals surface area contributed by atoms with Crippen molar-refractivity contribution in [2.24, 2.45) is 0 Å². The van der Waals surface area contributed by atoms with E-state index in [1.165, 1.54) is 4.90 Å². The normalized spacial score (nSPS) is 12.9. The van der Waals surface area contributed by atoms with Gasteiger partial charge >= 0.3 is 0 Å². The molecule has 1 aromatic heterocycles. The molecule has 34 heavy (non-hydrogen) atoms. The van der Waals surface area contributed by atoms with Crippen LogP contribution in [0.1, 0.15) is 32.2 Å². The minimum atomic E-state index is -0.337. The first-order valence-corrected chi connectivity index (χ1v) is 11.7.